The Hall–Kier alpha value is -2.48. The Morgan fingerprint density at radius 2 is 1.85 bits per heavy atom. The van der Waals surface area contributed by atoms with Crippen LogP contribution >= 0.6 is 15.9 Å². The van der Waals surface area contributed by atoms with Gasteiger partial charge in [0.25, 0.3) is 5.91 Å². The van der Waals surface area contributed by atoms with Gasteiger partial charge in [-0.05, 0) is 48.4 Å². The van der Waals surface area contributed by atoms with E-state index in [1.165, 1.54) is 36.4 Å². The van der Waals surface area contributed by atoms with E-state index in [2.05, 4.69) is 26.4 Å². The summed E-state index contributed by atoms with van der Waals surface area (Å²) in [5.74, 6) is -2.25. The standard InChI is InChI=1S/C18H17BrF2N2O3/c1-10(2)16(26-15-8-5-12(19)9-14(15)21)18(24)22-17(23-25)11-3-6-13(20)7-4-11/h3-10,16,25H,1-2H3,(H,22,23,24)/t16-/m0/s1. The number of nitrogens with one attached hydrogen (secondary N) is 1. The van der Waals surface area contributed by atoms with Crippen molar-refractivity contribution >= 4 is 27.7 Å². The maximum Gasteiger partial charge on any atom is 0.266 e. The quantitative estimate of drug-likeness (QED) is 0.327. The molecule has 0 heterocycles. The van der Waals surface area contributed by atoms with Crippen LogP contribution in [0.2, 0.25) is 0 Å². The number of halogens is 3. The van der Waals surface area contributed by atoms with Crippen molar-refractivity contribution in [3.8, 4) is 5.75 Å². The molecule has 0 fully saturated rings. The van der Waals surface area contributed by atoms with Crippen molar-refractivity contribution in [3.63, 3.8) is 0 Å². The highest BCUT2D eigenvalue weighted by atomic mass is 79.9. The second-order valence-electron chi connectivity index (χ2n) is 5.80. The van der Waals surface area contributed by atoms with E-state index in [0.717, 1.165) is 0 Å². The molecule has 0 saturated heterocycles. The lowest BCUT2D eigenvalue weighted by atomic mass is 10.1. The van der Waals surface area contributed by atoms with Crippen LogP contribution in [0.1, 0.15) is 19.4 Å². The Morgan fingerprint density at radius 3 is 2.38 bits per heavy atom. The first-order chi connectivity index (χ1) is 12.3. The van der Waals surface area contributed by atoms with Crippen molar-refractivity contribution in [2.75, 3.05) is 0 Å². The normalized spacial score (nSPS) is 12.8. The van der Waals surface area contributed by atoms with Crippen LogP contribution in [-0.2, 0) is 4.79 Å². The van der Waals surface area contributed by atoms with Gasteiger partial charge < -0.3 is 15.3 Å². The zero-order valence-electron chi connectivity index (χ0n) is 14.0. The molecule has 8 heteroatoms. The highest BCUT2D eigenvalue weighted by Crippen LogP contribution is 2.24. The van der Waals surface area contributed by atoms with E-state index in [9.17, 15) is 13.6 Å². The largest absolute Gasteiger partial charge is 0.477 e. The fourth-order valence-electron chi connectivity index (χ4n) is 2.15. The topological polar surface area (TPSA) is 70.9 Å². The van der Waals surface area contributed by atoms with E-state index in [-0.39, 0.29) is 17.5 Å². The van der Waals surface area contributed by atoms with Crippen LogP contribution in [0.4, 0.5) is 8.78 Å². The minimum atomic E-state index is -1.04. The van der Waals surface area contributed by atoms with Gasteiger partial charge in [-0.2, -0.15) is 0 Å². The monoisotopic (exact) mass is 426 g/mol. The second kappa shape index (κ2) is 8.75. The summed E-state index contributed by atoms with van der Waals surface area (Å²) in [7, 11) is 0. The van der Waals surface area contributed by atoms with Gasteiger partial charge in [-0.1, -0.05) is 34.9 Å². The van der Waals surface area contributed by atoms with Crippen molar-refractivity contribution in [2.24, 2.45) is 11.1 Å². The van der Waals surface area contributed by atoms with Crippen molar-refractivity contribution in [3.05, 3.63) is 64.1 Å². The van der Waals surface area contributed by atoms with E-state index in [0.29, 0.717) is 10.0 Å². The van der Waals surface area contributed by atoms with E-state index in [1.807, 2.05) is 0 Å². The molecule has 0 aliphatic heterocycles. The number of nitrogens with zero attached hydrogens (tertiary/aromatic N) is 1. The van der Waals surface area contributed by atoms with Crippen LogP contribution in [0.25, 0.3) is 0 Å². The number of ether oxygens (including phenoxy) is 1. The van der Waals surface area contributed by atoms with E-state index in [4.69, 9.17) is 9.94 Å². The zero-order chi connectivity index (χ0) is 19.3. The van der Waals surface area contributed by atoms with Gasteiger partial charge in [-0.3, -0.25) is 4.79 Å². The molecule has 2 rings (SSSR count). The van der Waals surface area contributed by atoms with Crippen molar-refractivity contribution in [1.29, 1.82) is 0 Å². The molecule has 0 bridgehead atoms. The van der Waals surface area contributed by atoms with E-state index in [1.54, 1.807) is 19.9 Å². The Balaban J connectivity index is 2.18. The number of carbonyl (C=O) groups is 1. The summed E-state index contributed by atoms with van der Waals surface area (Å²) in [5.41, 5.74) is 0.305. The molecule has 0 saturated carbocycles. The molecule has 0 aromatic heterocycles. The van der Waals surface area contributed by atoms with E-state index >= 15 is 0 Å². The number of amides is 1. The molecule has 5 nitrogen and oxygen atoms in total. The van der Waals surface area contributed by atoms with Crippen LogP contribution in [0, 0.1) is 17.6 Å². The third kappa shape index (κ3) is 5.01. The Bertz CT molecular complexity index is 811. The molecule has 138 valence electrons. The van der Waals surface area contributed by atoms with Gasteiger partial charge in [0.2, 0.25) is 0 Å². The van der Waals surface area contributed by atoms with Crippen LogP contribution < -0.4 is 10.1 Å². The van der Waals surface area contributed by atoms with Crippen molar-refractivity contribution < 1.29 is 23.5 Å². The lowest BCUT2D eigenvalue weighted by Crippen LogP contribution is -2.44. The molecule has 1 atom stereocenters. The summed E-state index contributed by atoms with van der Waals surface area (Å²) in [5, 5.41) is 14.6. The highest BCUT2D eigenvalue weighted by Gasteiger charge is 2.27. The average Bonchev–Trinajstić information content (AvgIpc) is 2.59. The molecule has 0 unspecified atom stereocenters. The SMILES string of the molecule is CC(C)[C@H](Oc1ccc(Br)cc1F)C(=O)NC(=NO)c1ccc(F)cc1. The summed E-state index contributed by atoms with van der Waals surface area (Å²) in [6.45, 7) is 3.46. The Morgan fingerprint density at radius 1 is 1.19 bits per heavy atom. The number of amidine groups is 1. The molecule has 26 heavy (non-hydrogen) atoms. The minimum absolute atomic E-state index is 0.0775. The summed E-state index contributed by atoms with van der Waals surface area (Å²) in [6, 6.07) is 9.26. The first kappa shape index (κ1) is 19.8. The third-order valence-electron chi connectivity index (χ3n) is 3.47. The van der Waals surface area contributed by atoms with Gasteiger partial charge in [-0.15, -0.1) is 0 Å². The van der Waals surface area contributed by atoms with Crippen LogP contribution in [0.3, 0.4) is 0 Å². The Kier molecular flexibility index (Phi) is 6.68. The van der Waals surface area contributed by atoms with Gasteiger partial charge >= 0.3 is 0 Å². The smallest absolute Gasteiger partial charge is 0.266 e. The number of rotatable bonds is 5. The van der Waals surface area contributed by atoms with E-state index < -0.39 is 23.6 Å². The molecule has 0 aliphatic rings. The lowest BCUT2D eigenvalue weighted by molar-refractivity contribution is -0.128. The number of benzene rings is 2. The summed E-state index contributed by atoms with van der Waals surface area (Å²) >= 11 is 3.15. The maximum atomic E-state index is 14.0. The average molecular weight is 427 g/mol. The zero-order valence-corrected chi connectivity index (χ0v) is 15.6. The number of hydrogen-bond donors (Lipinski definition) is 2. The fraction of sp³-hybridized carbons (Fsp3) is 0.222. The molecule has 2 aromatic carbocycles. The summed E-state index contributed by atoms with van der Waals surface area (Å²) < 4.78 is 33.1. The highest BCUT2D eigenvalue weighted by molar-refractivity contribution is 9.10. The Labute approximate surface area is 157 Å². The number of carbonyl (C=O) groups excluding carboxylic acids is 1. The van der Waals surface area contributed by atoms with Gasteiger partial charge in [0, 0.05) is 10.0 Å². The first-order valence-corrected chi connectivity index (χ1v) is 8.51. The van der Waals surface area contributed by atoms with Crippen LogP contribution in [0.5, 0.6) is 5.75 Å². The molecular formula is C18H17BrF2N2O3. The molecule has 0 aliphatic carbocycles. The van der Waals surface area contributed by atoms with Crippen molar-refractivity contribution in [2.45, 2.75) is 20.0 Å². The molecule has 0 radical (unpaired) electrons. The van der Waals surface area contributed by atoms with Gasteiger partial charge in [0.15, 0.2) is 23.5 Å². The molecule has 1 amide bonds. The second-order valence-corrected chi connectivity index (χ2v) is 6.72. The lowest BCUT2D eigenvalue weighted by Gasteiger charge is -2.22. The molecule has 2 aromatic rings. The third-order valence-corrected chi connectivity index (χ3v) is 3.96. The van der Waals surface area contributed by atoms with Crippen LogP contribution in [-0.4, -0.2) is 23.1 Å². The predicted octanol–water partition coefficient (Wildman–Crippen LogP) is 4.08. The fourth-order valence-corrected chi connectivity index (χ4v) is 2.48. The van der Waals surface area contributed by atoms with Gasteiger partial charge in [0.1, 0.15) is 5.82 Å². The molecule has 0 spiro atoms. The molecular weight excluding hydrogens is 410 g/mol. The van der Waals surface area contributed by atoms with Gasteiger partial charge in [0.05, 0.1) is 0 Å². The molecule has 2 N–H and O–H groups in total. The summed E-state index contributed by atoms with van der Waals surface area (Å²) in [6.07, 6.45) is -1.04. The number of oxime groups is 1. The maximum absolute atomic E-state index is 14.0. The van der Waals surface area contributed by atoms with Crippen LogP contribution in [0.15, 0.2) is 52.1 Å². The van der Waals surface area contributed by atoms with Gasteiger partial charge in [-0.25, -0.2) is 8.78 Å². The minimum Gasteiger partial charge on any atom is -0.477 e. The first-order valence-electron chi connectivity index (χ1n) is 7.72. The predicted molar refractivity (Wildman–Crippen MR) is 96.2 cm³/mol. The summed E-state index contributed by atoms with van der Waals surface area (Å²) in [4.78, 5) is 12.5. The van der Waals surface area contributed by atoms with Crippen molar-refractivity contribution in [1.82, 2.24) is 5.32 Å². The number of hydrogen-bond acceptors (Lipinski definition) is 4.